The van der Waals surface area contributed by atoms with Gasteiger partial charge in [0.05, 0.1) is 0 Å². The number of carbonyl (C=O) groups excluding carboxylic acids is 1. The van der Waals surface area contributed by atoms with E-state index in [1.807, 2.05) is 24.3 Å². The van der Waals surface area contributed by atoms with E-state index in [0.29, 0.717) is 41.6 Å². The van der Waals surface area contributed by atoms with Gasteiger partial charge in [0.25, 0.3) is 5.91 Å². The Morgan fingerprint density at radius 3 is 2.21 bits per heavy atom. The van der Waals surface area contributed by atoms with Gasteiger partial charge in [0.15, 0.2) is 17.3 Å². The second kappa shape index (κ2) is 13.5. The Hall–Kier alpha value is -3.44. The third-order valence-electron chi connectivity index (χ3n) is 8.82. The first-order valence-corrected chi connectivity index (χ1v) is 15.7. The lowest BCUT2D eigenvalue weighted by Gasteiger charge is -2.42. The SMILES string of the molecule is CN1CCN(C2CCN(c3ccc(Nc4nc(NC5CCOCC5)c(-c5ccc(Cl)cc5)nc4C(N)=O)cc3)CC2)CC1. The van der Waals surface area contributed by atoms with Gasteiger partial charge >= 0.3 is 0 Å². The summed E-state index contributed by atoms with van der Waals surface area (Å²) in [6.45, 7) is 8.14. The summed E-state index contributed by atoms with van der Waals surface area (Å²) in [6, 6.07) is 16.5. The van der Waals surface area contributed by atoms with E-state index >= 15 is 0 Å². The number of rotatable bonds is 8. The fourth-order valence-electron chi connectivity index (χ4n) is 6.21. The van der Waals surface area contributed by atoms with Crippen molar-refractivity contribution in [3.05, 3.63) is 59.2 Å². The molecule has 3 aliphatic rings. The van der Waals surface area contributed by atoms with E-state index in [9.17, 15) is 4.79 Å². The lowest BCUT2D eigenvalue weighted by molar-refractivity contribution is 0.0904. The minimum absolute atomic E-state index is 0.0810. The molecule has 4 N–H and O–H groups in total. The molecule has 3 saturated heterocycles. The van der Waals surface area contributed by atoms with Crippen LogP contribution in [0.15, 0.2) is 48.5 Å². The first-order valence-electron chi connectivity index (χ1n) is 15.3. The summed E-state index contributed by atoms with van der Waals surface area (Å²) in [7, 11) is 2.21. The molecule has 0 radical (unpaired) electrons. The number of hydrogen-bond donors (Lipinski definition) is 3. The summed E-state index contributed by atoms with van der Waals surface area (Å²) in [6.07, 6.45) is 4.08. The maximum Gasteiger partial charge on any atom is 0.271 e. The van der Waals surface area contributed by atoms with Crippen LogP contribution < -0.4 is 21.3 Å². The highest BCUT2D eigenvalue weighted by Gasteiger charge is 2.27. The average molecular weight is 605 g/mol. The predicted octanol–water partition coefficient (Wildman–Crippen LogP) is 4.45. The van der Waals surface area contributed by atoms with Gasteiger partial charge in [-0.1, -0.05) is 23.7 Å². The number of aromatic nitrogens is 2. The van der Waals surface area contributed by atoms with Crippen LogP contribution >= 0.6 is 11.6 Å². The van der Waals surface area contributed by atoms with Gasteiger partial charge in [0.1, 0.15) is 5.69 Å². The molecule has 4 heterocycles. The topological polar surface area (TPSA) is 112 Å². The molecule has 2 aromatic carbocycles. The van der Waals surface area contributed by atoms with Crippen molar-refractivity contribution in [2.75, 3.05) is 75.1 Å². The Labute approximate surface area is 258 Å². The Bertz CT molecular complexity index is 1380. The quantitative estimate of drug-likeness (QED) is 0.343. The number of amides is 1. The summed E-state index contributed by atoms with van der Waals surface area (Å²) < 4.78 is 5.54. The number of piperazine rings is 1. The maximum atomic E-state index is 12.6. The number of benzene rings is 2. The largest absolute Gasteiger partial charge is 0.381 e. The Morgan fingerprint density at radius 1 is 0.884 bits per heavy atom. The second-order valence-corrected chi connectivity index (χ2v) is 12.2. The van der Waals surface area contributed by atoms with Crippen LogP contribution in [-0.4, -0.2) is 97.3 Å². The number of primary amides is 1. The summed E-state index contributed by atoms with van der Waals surface area (Å²) in [4.78, 5) is 29.7. The van der Waals surface area contributed by atoms with Gasteiger partial charge in [-0.2, -0.15) is 0 Å². The third kappa shape index (κ3) is 7.21. The van der Waals surface area contributed by atoms with E-state index < -0.39 is 5.91 Å². The molecule has 10 nitrogen and oxygen atoms in total. The summed E-state index contributed by atoms with van der Waals surface area (Å²) in [5.41, 5.74) is 9.25. The molecule has 1 amide bonds. The first kappa shape index (κ1) is 29.6. The van der Waals surface area contributed by atoms with Crippen LogP contribution in [0.4, 0.5) is 23.0 Å². The molecular weight excluding hydrogens is 564 g/mol. The molecule has 1 aromatic heterocycles. The molecule has 228 valence electrons. The average Bonchev–Trinajstić information content (AvgIpc) is 3.03. The number of halogens is 1. The zero-order chi connectivity index (χ0) is 29.8. The number of nitrogens with two attached hydrogens (primary N) is 1. The number of carbonyl (C=O) groups is 1. The highest BCUT2D eigenvalue weighted by atomic mass is 35.5. The lowest BCUT2D eigenvalue weighted by Crippen LogP contribution is -2.52. The van der Waals surface area contributed by atoms with Crippen molar-refractivity contribution >= 4 is 40.5 Å². The zero-order valence-corrected chi connectivity index (χ0v) is 25.5. The monoisotopic (exact) mass is 604 g/mol. The van der Waals surface area contributed by atoms with Crippen molar-refractivity contribution in [2.45, 2.75) is 37.8 Å². The molecule has 43 heavy (non-hydrogen) atoms. The molecule has 3 fully saturated rings. The van der Waals surface area contributed by atoms with Crippen LogP contribution in [0.25, 0.3) is 11.3 Å². The standard InChI is InChI=1S/C32H41ClN8O2/c1-39-16-18-41(19-17-39)27-10-14-40(15-11-27)26-8-6-24(7-9-26)35-32-29(30(34)42)37-28(22-2-4-23(33)5-3-22)31(38-32)36-25-12-20-43-21-13-25/h2-9,25,27H,10-21H2,1H3,(H2,34,42)(H2,35,36,38). The van der Waals surface area contributed by atoms with Crippen molar-refractivity contribution in [3.8, 4) is 11.3 Å². The van der Waals surface area contributed by atoms with Crippen LogP contribution in [-0.2, 0) is 4.74 Å². The maximum absolute atomic E-state index is 12.6. The van der Waals surface area contributed by atoms with Crippen LogP contribution in [0.2, 0.25) is 5.02 Å². The number of ether oxygens (including phenoxy) is 1. The van der Waals surface area contributed by atoms with Gasteiger partial charge in [-0.15, -0.1) is 0 Å². The number of anilines is 4. The summed E-state index contributed by atoms with van der Waals surface area (Å²) in [5, 5.41) is 7.48. The van der Waals surface area contributed by atoms with Gasteiger partial charge in [0.2, 0.25) is 0 Å². The molecule has 0 bridgehead atoms. The Kier molecular flexibility index (Phi) is 9.28. The van der Waals surface area contributed by atoms with E-state index in [1.165, 1.54) is 31.6 Å². The van der Waals surface area contributed by atoms with Crippen molar-refractivity contribution < 1.29 is 9.53 Å². The number of hydrogen-bond acceptors (Lipinski definition) is 9. The van der Waals surface area contributed by atoms with Crippen LogP contribution in [0, 0.1) is 0 Å². The molecule has 6 rings (SSSR count). The third-order valence-corrected chi connectivity index (χ3v) is 9.07. The summed E-state index contributed by atoms with van der Waals surface area (Å²) >= 11 is 6.14. The predicted molar refractivity (Wildman–Crippen MR) is 172 cm³/mol. The molecule has 0 saturated carbocycles. The lowest BCUT2D eigenvalue weighted by atomic mass is 10.0. The van der Waals surface area contributed by atoms with Crippen molar-refractivity contribution in [1.29, 1.82) is 0 Å². The van der Waals surface area contributed by atoms with Crippen molar-refractivity contribution in [3.63, 3.8) is 0 Å². The van der Waals surface area contributed by atoms with E-state index in [-0.39, 0.29) is 11.7 Å². The molecule has 3 aromatic rings. The minimum atomic E-state index is -0.650. The fraction of sp³-hybridized carbons (Fsp3) is 0.469. The van der Waals surface area contributed by atoms with Crippen LogP contribution in [0.3, 0.4) is 0 Å². The molecule has 0 unspecified atom stereocenters. The van der Waals surface area contributed by atoms with Crippen LogP contribution in [0.5, 0.6) is 0 Å². The number of nitrogens with one attached hydrogen (secondary N) is 2. The van der Waals surface area contributed by atoms with E-state index in [0.717, 1.165) is 50.3 Å². The number of piperidine rings is 1. The second-order valence-electron chi connectivity index (χ2n) is 11.7. The highest BCUT2D eigenvalue weighted by molar-refractivity contribution is 6.30. The van der Waals surface area contributed by atoms with Crippen molar-refractivity contribution in [2.24, 2.45) is 5.73 Å². The van der Waals surface area contributed by atoms with Gasteiger partial charge in [-0.25, -0.2) is 9.97 Å². The van der Waals surface area contributed by atoms with E-state index in [4.69, 9.17) is 32.0 Å². The summed E-state index contributed by atoms with van der Waals surface area (Å²) in [5.74, 6) is 0.254. The first-order chi connectivity index (χ1) is 20.9. The molecule has 0 atom stereocenters. The Morgan fingerprint density at radius 2 is 1.56 bits per heavy atom. The molecule has 3 aliphatic heterocycles. The molecule has 11 heteroatoms. The molecular formula is C32H41ClN8O2. The van der Waals surface area contributed by atoms with E-state index in [2.05, 4.69) is 44.5 Å². The highest BCUT2D eigenvalue weighted by Crippen LogP contribution is 2.32. The van der Waals surface area contributed by atoms with E-state index in [1.54, 1.807) is 12.1 Å². The van der Waals surface area contributed by atoms with Gasteiger partial charge in [-0.3, -0.25) is 9.69 Å². The van der Waals surface area contributed by atoms with Gasteiger partial charge in [0, 0.05) is 86.5 Å². The van der Waals surface area contributed by atoms with Crippen LogP contribution in [0.1, 0.15) is 36.2 Å². The number of nitrogens with zero attached hydrogens (tertiary/aromatic N) is 5. The van der Waals surface area contributed by atoms with Crippen molar-refractivity contribution in [1.82, 2.24) is 19.8 Å². The molecule has 0 spiro atoms. The normalized spacial score (nSPS) is 19.3. The smallest absolute Gasteiger partial charge is 0.271 e. The van der Waals surface area contributed by atoms with Gasteiger partial charge in [-0.05, 0) is 69.1 Å². The minimum Gasteiger partial charge on any atom is -0.381 e. The fourth-order valence-corrected chi connectivity index (χ4v) is 6.33. The Balaban J connectivity index is 1.19. The zero-order valence-electron chi connectivity index (χ0n) is 24.8. The van der Waals surface area contributed by atoms with Gasteiger partial charge < -0.3 is 30.9 Å². The number of likely N-dealkylation sites (N-methyl/N-ethyl adjacent to an activating group) is 1. The molecule has 0 aliphatic carbocycles.